The minimum absolute atomic E-state index is 0.172. The van der Waals surface area contributed by atoms with Crippen LogP contribution in [0.15, 0.2) is 36.4 Å². The number of fused-ring (bicyclic) bond motifs is 1. The van der Waals surface area contributed by atoms with E-state index in [1.54, 1.807) is 35.6 Å². The van der Waals surface area contributed by atoms with E-state index in [1.165, 1.54) is 0 Å². The first-order chi connectivity index (χ1) is 8.63. The highest BCUT2D eigenvalue weighted by Gasteiger charge is 2.10. The Morgan fingerprint density at radius 2 is 2.00 bits per heavy atom. The standard InChI is InChI=1S/C13H9NO3S/c15-8-1-4-11-7(5-8)6-12(18-11)9-2-3-10(14-9)13(16)17/h1-6,14-15H,(H,16,17). The van der Waals surface area contributed by atoms with Gasteiger partial charge in [0, 0.05) is 4.70 Å². The van der Waals surface area contributed by atoms with E-state index in [9.17, 15) is 9.90 Å². The van der Waals surface area contributed by atoms with Crippen molar-refractivity contribution in [2.45, 2.75) is 0 Å². The Hall–Kier alpha value is -2.27. The van der Waals surface area contributed by atoms with Crippen molar-refractivity contribution in [1.82, 2.24) is 4.98 Å². The van der Waals surface area contributed by atoms with E-state index in [-0.39, 0.29) is 11.4 Å². The summed E-state index contributed by atoms with van der Waals surface area (Å²) < 4.78 is 1.05. The molecule has 0 aliphatic carbocycles. The molecule has 0 radical (unpaired) electrons. The van der Waals surface area contributed by atoms with Gasteiger partial charge >= 0.3 is 5.97 Å². The molecule has 0 amide bonds. The van der Waals surface area contributed by atoms with Gasteiger partial charge in [0.2, 0.25) is 0 Å². The molecule has 0 unspecified atom stereocenters. The number of aromatic nitrogens is 1. The smallest absolute Gasteiger partial charge is 0.352 e. The van der Waals surface area contributed by atoms with Crippen LogP contribution in [0.25, 0.3) is 20.7 Å². The summed E-state index contributed by atoms with van der Waals surface area (Å²) >= 11 is 1.55. The Morgan fingerprint density at radius 3 is 2.72 bits per heavy atom. The lowest BCUT2D eigenvalue weighted by Crippen LogP contribution is -1.95. The Bertz CT molecular complexity index is 742. The van der Waals surface area contributed by atoms with Crippen LogP contribution in [0.4, 0.5) is 0 Å². The molecule has 0 saturated heterocycles. The van der Waals surface area contributed by atoms with Gasteiger partial charge in [-0.2, -0.15) is 0 Å². The third-order valence-electron chi connectivity index (χ3n) is 2.68. The predicted octanol–water partition coefficient (Wildman–Crippen LogP) is 3.30. The molecular weight excluding hydrogens is 250 g/mol. The molecule has 0 saturated carbocycles. The van der Waals surface area contributed by atoms with Crippen molar-refractivity contribution in [3.63, 3.8) is 0 Å². The number of thiophene rings is 1. The Morgan fingerprint density at radius 1 is 1.17 bits per heavy atom. The molecule has 18 heavy (non-hydrogen) atoms. The predicted molar refractivity (Wildman–Crippen MR) is 70.2 cm³/mol. The van der Waals surface area contributed by atoms with Crippen molar-refractivity contribution in [3.8, 4) is 16.3 Å². The van der Waals surface area contributed by atoms with E-state index < -0.39 is 5.97 Å². The number of H-pyrrole nitrogens is 1. The zero-order chi connectivity index (χ0) is 12.7. The number of phenolic OH excluding ortho intramolecular Hbond substituents is 1. The van der Waals surface area contributed by atoms with Crippen LogP contribution in [0, 0.1) is 0 Å². The lowest BCUT2D eigenvalue weighted by molar-refractivity contribution is 0.0691. The molecule has 0 aliphatic heterocycles. The van der Waals surface area contributed by atoms with Gasteiger partial charge in [-0.15, -0.1) is 11.3 Å². The lowest BCUT2D eigenvalue weighted by atomic mass is 10.2. The van der Waals surface area contributed by atoms with E-state index in [4.69, 9.17) is 5.11 Å². The van der Waals surface area contributed by atoms with Gasteiger partial charge in [-0.25, -0.2) is 4.79 Å². The average Bonchev–Trinajstić information content (AvgIpc) is 2.93. The van der Waals surface area contributed by atoms with Crippen LogP contribution in [0.3, 0.4) is 0 Å². The number of phenols is 1. The lowest BCUT2D eigenvalue weighted by Gasteiger charge is -1.90. The molecule has 0 fully saturated rings. The number of benzene rings is 1. The number of carboxylic acids is 1. The van der Waals surface area contributed by atoms with E-state index >= 15 is 0 Å². The quantitative estimate of drug-likeness (QED) is 0.661. The number of carbonyl (C=O) groups is 1. The molecule has 3 N–H and O–H groups in total. The topological polar surface area (TPSA) is 73.3 Å². The van der Waals surface area contributed by atoms with Crippen LogP contribution in [-0.2, 0) is 0 Å². The van der Waals surface area contributed by atoms with Crippen molar-refractivity contribution < 1.29 is 15.0 Å². The molecule has 3 aromatic rings. The summed E-state index contributed by atoms with van der Waals surface area (Å²) in [5.74, 6) is -0.746. The molecule has 90 valence electrons. The molecule has 4 nitrogen and oxygen atoms in total. The van der Waals surface area contributed by atoms with E-state index in [0.29, 0.717) is 0 Å². The molecule has 0 atom stereocenters. The normalized spacial score (nSPS) is 10.9. The Labute approximate surface area is 106 Å². The van der Waals surface area contributed by atoms with Crippen molar-refractivity contribution in [2.75, 3.05) is 0 Å². The van der Waals surface area contributed by atoms with Crippen LogP contribution >= 0.6 is 11.3 Å². The summed E-state index contributed by atoms with van der Waals surface area (Å²) in [5, 5.41) is 19.2. The zero-order valence-corrected chi connectivity index (χ0v) is 9.99. The number of rotatable bonds is 2. The van der Waals surface area contributed by atoms with Gasteiger partial charge in [-0.1, -0.05) is 0 Å². The van der Waals surface area contributed by atoms with Crippen LogP contribution in [-0.4, -0.2) is 21.2 Å². The van der Waals surface area contributed by atoms with Crippen LogP contribution in [0.5, 0.6) is 5.75 Å². The summed E-state index contributed by atoms with van der Waals surface area (Å²) in [5.41, 5.74) is 0.943. The molecule has 2 aromatic heterocycles. The highest BCUT2D eigenvalue weighted by Crippen LogP contribution is 2.34. The maximum absolute atomic E-state index is 10.8. The van der Waals surface area contributed by atoms with Crippen molar-refractivity contribution >= 4 is 27.4 Å². The average molecular weight is 259 g/mol. The SMILES string of the molecule is O=C(O)c1ccc(-c2cc3cc(O)ccc3s2)[nH]1. The number of aromatic amines is 1. The molecule has 1 aromatic carbocycles. The van der Waals surface area contributed by atoms with Gasteiger partial charge in [-0.3, -0.25) is 0 Å². The zero-order valence-electron chi connectivity index (χ0n) is 9.18. The molecule has 2 heterocycles. The summed E-state index contributed by atoms with van der Waals surface area (Å²) in [7, 11) is 0. The molecule has 5 heteroatoms. The van der Waals surface area contributed by atoms with E-state index in [1.807, 2.05) is 12.1 Å². The summed E-state index contributed by atoms with van der Waals surface area (Å²) in [4.78, 5) is 14.6. The fraction of sp³-hybridized carbons (Fsp3) is 0. The summed E-state index contributed by atoms with van der Waals surface area (Å²) in [6, 6.07) is 10.4. The third kappa shape index (κ3) is 1.74. The van der Waals surface area contributed by atoms with E-state index in [2.05, 4.69) is 4.98 Å². The van der Waals surface area contributed by atoms with Gasteiger partial charge < -0.3 is 15.2 Å². The van der Waals surface area contributed by atoms with Crippen LogP contribution in [0.1, 0.15) is 10.5 Å². The van der Waals surface area contributed by atoms with Crippen LogP contribution in [0.2, 0.25) is 0 Å². The van der Waals surface area contributed by atoms with Gasteiger partial charge in [0.1, 0.15) is 11.4 Å². The highest BCUT2D eigenvalue weighted by atomic mass is 32.1. The highest BCUT2D eigenvalue weighted by molar-refractivity contribution is 7.22. The second kappa shape index (κ2) is 3.89. The number of hydrogen-bond donors (Lipinski definition) is 3. The van der Waals surface area contributed by atoms with Gasteiger partial charge in [-0.05, 0) is 41.8 Å². The second-order valence-corrected chi connectivity index (χ2v) is 5.01. The molecular formula is C13H9NO3S. The fourth-order valence-corrected chi connectivity index (χ4v) is 2.85. The largest absolute Gasteiger partial charge is 0.508 e. The summed E-state index contributed by atoms with van der Waals surface area (Å²) in [6.07, 6.45) is 0. The molecule has 3 rings (SSSR count). The Balaban J connectivity index is 2.10. The minimum atomic E-state index is -0.972. The third-order valence-corrected chi connectivity index (χ3v) is 3.83. The second-order valence-electron chi connectivity index (χ2n) is 3.92. The first kappa shape index (κ1) is 10.9. The summed E-state index contributed by atoms with van der Waals surface area (Å²) in [6.45, 7) is 0. The first-order valence-corrected chi connectivity index (χ1v) is 6.10. The van der Waals surface area contributed by atoms with Crippen molar-refractivity contribution in [1.29, 1.82) is 0 Å². The van der Waals surface area contributed by atoms with Gasteiger partial charge in [0.25, 0.3) is 0 Å². The fourth-order valence-electron chi connectivity index (χ4n) is 1.83. The van der Waals surface area contributed by atoms with Gasteiger partial charge in [0.05, 0.1) is 10.6 Å². The number of aromatic carboxylic acids is 1. The molecule has 0 bridgehead atoms. The number of hydrogen-bond acceptors (Lipinski definition) is 3. The number of carboxylic acid groups (broad SMARTS) is 1. The van der Waals surface area contributed by atoms with Crippen molar-refractivity contribution in [3.05, 3.63) is 42.1 Å². The molecule has 0 aliphatic rings. The van der Waals surface area contributed by atoms with Crippen LogP contribution < -0.4 is 0 Å². The maximum atomic E-state index is 10.8. The molecule has 0 spiro atoms. The maximum Gasteiger partial charge on any atom is 0.352 e. The monoisotopic (exact) mass is 259 g/mol. The van der Waals surface area contributed by atoms with E-state index in [0.717, 1.165) is 20.7 Å². The van der Waals surface area contributed by atoms with Gasteiger partial charge in [0.15, 0.2) is 0 Å². The number of nitrogens with one attached hydrogen (secondary N) is 1. The number of aromatic hydroxyl groups is 1. The first-order valence-electron chi connectivity index (χ1n) is 5.29. The van der Waals surface area contributed by atoms with Crippen molar-refractivity contribution in [2.24, 2.45) is 0 Å². The Kier molecular flexibility index (Phi) is 2.34. The minimum Gasteiger partial charge on any atom is -0.508 e.